The SMILES string of the molecule is CCC1(CC)C[C@H](NC(=O)[C@H](C)Sc2ccc(Cl)cc2)c2ccccc2O1. The van der Waals surface area contributed by atoms with Crippen LogP contribution in [0.1, 0.15) is 51.6 Å². The molecular formula is C22H26ClNO2S. The van der Waals surface area contributed by atoms with Crippen LogP contribution in [0.5, 0.6) is 5.75 Å². The first kappa shape index (κ1) is 20.1. The number of thioether (sulfide) groups is 1. The molecule has 1 aliphatic rings. The first-order valence-electron chi connectivity index (χ1n) is 9.47. The minimum atomic E-state index is -0.223. The highest BCUT2D eigenvalue weighted by Gasteiger charge is 2.39. The van der Waals surface area contributed by atoms with Gasteiger partial charge in [-0.25, -0.2) is 0 Å². The number of nitrogens with one attached hydrogen (secondary N) is 1. The minimum Gasteiger partial charge on any atom is -0.487 e. The van der Waals surface area contributed by atoms with E-state index >= 15 is 0 Å². The van der Waals surface area contributed by atoms with E-state index in [4.69, 9.17) is 16.3 Å². The maximum atomic E-state index is 12.9. The van der Waals surface area contributed by atoms with Gasteiger partial charge >= 0.3 is 0 Å². The van der Waals surface area contributed by atoms with E-state index in [9.17, 15) is 4.79 Å². The summed E-state index contributed by atoms with van der Waals surface area (Å²) in [6, 6.07) is 15.6. The van der Waals surface area contributed by atoms with Crippen molar-refractivity contribution < 1.29 is 9.53 Å². The fourth-order valence-corrected chi connectivity index (χ4v) is 4.49. The zero-order chi connectivity index (χ0) is 19.4. The zero-order valence-electron chi connectivity index (χ0n) is 16.0. The summed E-state index contributed by atoms with van der Waals surface area (Å²) in [5, 5.41) is 3.77. The highest BCUT2D eigenvalue weighted by Crippen LogP contribution is 2.42. The van der Waals surface area contributed by atoms with Gasteiger partial charge in [-0.1, -0.05) is 43.6 Å². The van der Waals surface area contributed by atoms with Gasteiger partial charge in [0, 0.05) is 21.9 Å². The molecule has 0 radical (unpaired) electrons. The van der Waals surface area contributed by atoms with Gasteiger partial charge in [-0.2, -0.15) is 0 Å². The number of ether oxygens (including phenoxy) is 1. The first-order valence-corrected chi connectivity index (χ1v) is 10.7. The molecule has 3 nitrogen and oxygen atoms in total. The Labute approximate surface area is 170 Å². The van der Waals surface area contributed by atoms with Crippen LogP contribution in [0.3, 0.4) is 0 Å². The lowest BCUT2D eigenvalue weighted by atomic mass is 9.83. The summed E-state index contributed by atoms with van der Waals surface area (Å²) in [5.74, 6) is 0.925. The number of para-hydroxylation sites is 1. The van der Waals surface area contributed by atoms with E-state index in [1.165, 1.54) is 11.8 Å². The van der Waals surface area contributed by atoms with Crippen molar-refractivity contribution in [3.05, 3.63) is 59.1 Å². The molecule has 0 spiro atoms. The van der Waals surface area contributed by atoms with Crippen molar-refractivity contribution in [1.29, 1.82) is 0 Å². The van der Waals surface area contributed by atoms with Crippen molar-refractivity contribution in [2.75, 3.05) is 0 Å². The van der Waals surface area contributed by atoms with E-state index in [1.54, 1.807) is 0 Å². The molecule has 5 heteroatoms. The normalized spacial score (nSPS) is 18.9. The average Bonchev–Trinajstić information content (AvgIpc) is 2.69. The van der Waals surface area contributed by atoms with Gasteiger partial charge in [-0.15, -0.1) is 11.8 Å². The van der Waals surface area contributed by atoms with Crippen LogP contribution in [0.25, 0.3) is 0 Å². The van der Waals surface area contributed by atoms with Crippen LogP contribution in [-0.2, 0) is 4.79 Å². The number of amides is 1. The number of hydrogen-bond acceptors (Lipinski definition) is 3. The van der Waals surface area contributed by atoms with Gasteiger partial charge < -0.3 is 10.1 Å². The van der Waals surface area contributed by atoms with Crippen molar-refractivity contribution in [1.82, 2.24) is 5.32 Å². The second-order valence-corrected chi connectivity index (χ2v) is 8.86. The maximum Gasteiger partial charge on any atom is 0.233 e. The van der Waals surface area contributed by atoms with E-state index in [0.29, 0.717) is 5.02 Å². The van der Waals surface area contributed by atoms with Crippen LogP contribution < -0.4 is 10.1 Å². The van der Waals surface area contributed by atoms with Crippen molar-refractivity contribution in [2.45, 2.75) is 61.8 Å². The molecule has 1 amide bonds. The molecule has 2 atom stereocenters. The van der Waals surface area contributed by atoms with E-state index in [0.717, 1.165) is 35.5 Å². The van der Waals surface area contributed by atoms with Crippen LogP contribution in [-0.4, -0.2) is 16.8 Å². The Balaban J connectivity index is 1.74. The van der Waals surface area contributed by atoms with Crippen LogP contribution in [0.15, 0.2) is 53.4 Å². The summed E-state index contributed by atoms with van der Waals surface area (Å²) < 4.78 is 6.33. The van der Waals surface area contributed by atoms with E-state index < -0.39 is 0 Å². The summed E-state index contributed by atoms with van der Waals surface area (Å²) in [6.07, 6.45) is 2.62. The second-order valence-electron chi connectivity index (χ2n) is 7.01. The van der Waals surface area contributed by atoms with Crippen LogP contribution in [0.4, 0.5) is 0 Å². The third-order valence-electron chi connectivity index (χ3n) is 5.30. The smallest absolute Gasteiger partial charge is 0.233 e. The van der Waals surface area contributed by atoms with E-state index in [1.807, 2.05) is 55.5 Å². The third-order valence-corrected chi connectivity index (χ3v) is 6.66. The monoisotopic (exact) mass is 403 g/mol. The average molecular weight is 404 g/mol. The molecule has 0 unspecified atom stereocenters. The molecule has 0 saturated carbocycles. The number of rotatable bonds is 6. The molecule has 0 aromatic heterocycles. The third kappa shape index (κ3) is 4.61. The van der Waals surface area contributed by atoms with E-state index in [-0.39, 0.29) is 22.8 Å². The highest BCUT2D eigenvalue weighted by molar-refractivity contribution is 8.00. The highest BCUT2D eigenvalue weighted by atomic mass is 35.5. The zero-order valence-corrected chi connectivity index (χ0v) is 17.6. The maximum absolute atomic E-state index is 12.9. The standard InChI is InChI=1S/C22H26ClNO2S/c1-4-22(5-2)14-19(18-8-6-7-9-20(18)26-22)24-21(25)15(3)27-17-12-10-16(23)11-13-17/h6-13,15,19H,4-5,14H2,1-3H3,(H,24,25)/t15-,19-/m0/s1. The van der Waals surface area contributed by atoms with Crippen molar-refractivity contribution >= 4 is 29.3 Å². The Morgan fingerprint density at radius 3 is 2.56 bits per heavy atom. The number of carbonyl (C=O) groups excluding carboxylic acids is 1. The molecule has 27 heavy (non-hydrogen) atoms. The summed E-state index contributed by atoms with van der Waals surface area (Å²) in [4.78, 5) is 13.9. The lowest BCUT2D eigenvalue weighted by molar-refractivity contribution is -0.121. The molecular weight excluding hydrogens is 378 g/mol. The Morgan fingerprint density at radius 2 is 1.89 bits per heavy atom. The predicted molar refractivity (Wildman–Crippen MR) is 113 cm³/mol. The van der Waals surface area contributed by atoms with Gasteiger partial charge in [0.2, 0.25) is 5.91 Å². The fraction of sp³-hybridized carbons (Fsp3) is 0.409. The Morgan fingerprint density at radius 1 is 1.22 bits per heavy atom. The second kappa shape index (κ2) is 8.57. The van der Waals surface area contributed by atoms with Gasteiger partial charge in [0.15, 0.2) is 0 Å². The number of fused-ring (bicyclic) bond motifs is 1. The van der Waals surface area contributed by atoms with Crippen molar-refractivity contribution in [3.8, 4) is 5.75 Å². The Bertz CT molecular complexity index is 789. The summed E-state index contributed by atoms with van der Waals surface area (Å²) in [6.45, 7) is 6.23. The quantitative estimate of drug-likeness (QED) is 0.599. The summed E-state index contributed by atoms with van der Waals surface area (Å²) in [7, 11) is 0. The van der Waals surface area contributed by atoms with Gasteiger partial charge in [0.25, 0.3) is 0 Å². The van der Waals surface area contributed by atoms with Gasteiger partial charge in [0.1, 0.15) is 11.4 Å². The predicted octanol–water partition coefficient (Wildman–Crippen LogP) is 6.02. The largest absolute Gasteiger partial charge is 0.487 e. The molecule has 1 N–H and O–H groups in total. The lowest BCUT2D eigenvalue weighted by Crippen LogP contribution is -2.45. The Kier molecular flexibility index (Phi) is 6.38. The van der Waals surface area contributed by atoms with Crippen molar-refractivity contribution in [2.24, 2.45) is 0 Å². The molecule has 3 rings (SSSR count). The van der Waals surface area contributed by atoms with Crippen LogP contribution in [0.2, 0.25) is 5.02 Å². The topological polar surface area (TPSA) is 38.3 Å². The van der Waals surface area contributed by atoms with Crippen molar-refractivity contribution in [3.63, 3.8) is 0 Å². The van der Waals surface area contributed by atoms with Gasteiger partial charge in [-0.05, 0) is 50.1 Å². The van der Waals surface area contributed by atoms with E-state index in [2.05, 4.69) is 19.2 Å². The molecule has 1 aliphatic heterocycles. The van der Waals surface area contributed by atoms with Gasteiger partial charge in [-0.3, -0.25) is 4.79 Å². The van der Waals surface area contributed by atoms with Crippen LogP contribution in [0, 0.1) is 0 Å². The van der Waals surface area contributed by atoms with Gasteiger partial charge in [0.05, 0.1) is 11.3 Å². The summed E-state index contributed by atoms with van der Waals surface area (Å²) >= 11 is 7.48. The molecule has 0 bridgehead atoms. The number of halogens is 1. The first-order chi connectivity index (χ1) is 13.0. The number of hydrogen-bond donors (Lipinski definition) is 1. The fourth-order valence-electron chi connectivity index (χ4n) is 3.49. The molecule has 2 aromatic carbocycles. The molecule has 0 fully saturated rings. The minimum absolute atomic E-state index is 0.0318. The molecule has 2 aromatic rings. The lowest BCUT2D eigenvalue weighted by Gasteiger charge is -2.42. The Hall–Kier alpha value is -1.65. The van der Waals surface area contributed by atoms with Crippen LogP contribution >= 0.6 is 23.4 Å². The number of carbonyl (C=O) groups is 1. The number of benzene rings is 2. The summed E-state index contributed by atoms with van der Waals surface area (Å²) in [5.41, 5.74) is 0.839. The molecule has 0 aliphatic carbocycles. The molecule has 1 heterocycles. The molecule has 144 valence electrons. The molecule has 0 saturated heterocycles.